The van der Waals surface area contributed by atoms with Crippen LogP contribution < -0.4 is 16.0 Å². The molecule has 0 saturated heterocycles. The lowest BCUT2D eigenvalue weighted by Gasteiger charge is -2.28. The van der Waals surface area contributed by atoms with Gasteiger partial charge in [0.2, 0.25) is 3.79 Å². The van der Waals surface area contributed by atoms with E-state index < -0.39 is 20.8 Å². The number of hydrogen-bond donors (Lipinski definition) is 3. The summed E-state index contributed by atoms with van der Waals surface area (Å²) in [6.45, 7) is 0. The molecule has 148 valence electrons. The quantitative estimate of drug-likeness (QED) is 0.121. The number of nitro groups is 1. The number of hydrogen-bond acceptors (Lipinski definition) is 4. The Morgan fingerprint density at radius 1 is 1.11 bits per heavy atom. The SMILES string of the molecule is O=C(N[C@H](NC(=S)Nc1ccc([N+](=O)[O-])cc1)C(Cl)(Cl)Cl)c1ccccc1I. The number of nitrogens with one attached hydrogen (secondary N) is 3. The third-order valence-electron chi connectivity index (χ3n) is 3.33. The number of halogens is 4. The molecule has 28 heavy (non-hydrogen) atoms. The van der Waals surface area contributed by atoms with Crippen molar-refractivity contribution < 1.29 is 9.72 Å². The molecule has 7 nitrogen and oxygen atoms in total. The van der Waals surface area contributed by atoms with Crippen molar-refractivity contribution in [3.05, 3.63) is 67.8 Å². The second-order valence-electron chi connectivity index (χ2n) is 5.33. The molecule has 2 aromatic carbocycles. The normalized spacial score (nSPS) is 12.0. The highest BCUT2D eigenvalue weighted by Gasteiger charge is 2.35. The maximum Gasteiger partial charge on any atom is 0.269 e. The molecular formula is C16H12Cl3IN4O3S. The summed E-state index contributed by atoms with van der Waals surface area (Å²) in [6, 6.07) is 12.5. The average molecular weight is 574 g/mol. The Balaban J connectivity index is 2.07. The number of carbonyl (C=O) groups is 1. The Bertz CT molecular complexity index is 893. The van der Waals surface area contributed by atoms with E-state index >= 15 is 0 Å². The number of amides is 1. The Morgan fingerprint density at radius 2 is 1.71 bits per heavy atom. The smallest absolute Gasteiger partial charge is 0.269 e. The molecule has 12 heteroatoms. The maximum absolute atomic E-state index is 12.5. The number of carbonyl (C=O) groups excluding carboxylic acids is 1. The van der Waals surface area contributed by atoms with E-state index in [4.69, 9.17) is 47.0 Å². The number of benzene rings is 2. The van der Waals surface area contributed by atoms with Crippen LogP contribution >= 0.6 is 69.6 Å². The summed E-state index contributed by atoms with van der Waals surface area (Å²) in [7, 11) is 0. The highest BCUT2D eigenvalue weighted by Crippen LogP contribution is 2.29. The van der Waals surface area contributed by atoms with Gasteiger partial charge in [0.05, 0.1) is 10.5 Å². The van der Waals surface area contributed by atoms with Crippen LogP contribution in [0.15, 0.2) is 48.5 Å². The number of rotatable bonds is 5. The number of alkyl halides is 3. The van der Waals surface area contributed by atoms with Crippen molar-refractivity contribution in [3.63, 3.8) is 0 Å². The largest absolute Gasteiger partial charge is 0.339 e. The predicted octanol–water partition coefficient (Wildman–Crippen LogP) is 4.61. The van der Waals surface area contributed by atoms with Gasteiger partial charge in [-0.05, 0) is 59.1 Å². The molecule has 0 heterocycles. The van der Waals surface area contributed by atoms with E-state index in [1.54, 1.807) is 24.3 Å². The van der Waals surface area contributed by atoms with E-state index in [1.807, 2.05) is 22.6 Å². The zero-order valence-electron chi connectivity index (χ0n) is 13.8. The third kappa shape index (κ3) is 6.59. The third-order valence-corrected chi connectivity index (χ3v) is 5.15. The Kier molecular flexibility index (Phi) is 8.07. The lowest BCUT2D eigenvalue weighted by Crippen LogP contribution is -2.56. The van der Waals surface area contributed by atoms with Crippen molar-refractivity contribution in [2.75, 3.05) is 5.32 Å². The number of non-ortho nitro benzene ring substituents is 1. The molecule has 1 amide bonds. The van der Waals surface area contributed by atoms with Crippen LogP contribution in [0.3, 0.4) is 0 Å². The van der Waals surface area contributed by atoms with Crippen LogP contribution in [-0.2, 0) is 0 Å². The Morgan fingerprint density at radius 3 is 2.25 bits per heavy atom. The minimum atomic E-state index is -1.91. The van der Waals surface area contributed by atoms with Gasteiger partial charge < -0.3 is 16.0 Å². The number of nitrogens with zero attached hydrogens (tertiary/aromatic N) is 1. The summed E-state index contributed by atoms with van der Waals surface area (Å²) in [6.07, 6.45) is -1.14. The van der Waals surface area contributed by atoms with Gasteiger partial charge in [0.25, 0.3) is 11.6 Å². The van der Waals surface area contributed by atoms with E-state index in [0.717, 1.165) is 3.57 Å². The number of nitro benzene ring substituents is 1. The fourth-order valence-corrected chi connectivity index (χ4v) is 3.21. The van der Waals surface area contributed by atoms with Gasteiger partial charge in [0, 0.05) is 21.4 Å². The van der Waals surface area contributed by atoms with Gasteiger partial charge in [0.1, 0.15) is 6.17 Å². The fourth-order valence-electron chi connectivity index (χ4n) is 2.02. The molecular weight excluding hydrogens is 562 g/mol. The molecule has 0 spiro atoms. The van der Waals surface area contributed by atoms with Gasteiger partial charge in [-0.2, -0.15) is 0 Å². The summed E-state index contributed by atoms with van der Waals surface area (Å²) >= 11 is 25.1. The van der Waals surface area contributed by atoms with Crippen molar-refractivity contribution in [2.45, 2.75) is 9.96 Å². The first-order chi connectivity index (χ1) is 13.1. The Hall–Kier alpha value is -1.40. The van der Waals surface area contributed by atoms with E-state index in [9.17, 15) is 14.9 Å². The molecule has 0 radical (unpaired) electrons. The zero-order valence-corrected chi connectivity index (χ0v) is 19.0. The van der Waals surface area contributed by atoms with E-state index in [0.29, 0.717) is 11.3 Å². The molecule has 0 aliphatic rings. The van der Waals surface area contributed by atoms with Gasteiger partial charge in [-0.1, -0.05) is 46.9 Å². The van der Waals surface area contributed by atoms with E-state index in [2.05, 4.69) is 16.0 Å². The first-order valence-corrected chi connectivity index (χ1v) is 10.1. The summed E-state index contributed by atoms with van der Waals surface area (Å²) < 4.78 is -1.18. The van der Waals surface area contributed by atoms with Crippen LogP contribution in [0.2, 0.25) is 0 Å². The van der Waals surface area contributed by atoms with Crippen molar-refractivity contribution in [2.24, 2.45) is 0 Å². The highest BCUT2D eigenvalue weighted by atomic mass is 127. The average Bonchev–Trinajstić information content (AvgIpc) is 2.61. The highest BCUT2D eigenvalue weighted by molar-refractivity contribution is 14.1. The monoisotopic (exact) mass is 572 g/mol. The molecule has 0 aliphatic carbocycles. The summed E-state index contributed by atoms with van der Waals surface area (Å²) in [4.78, 5) is 22.7. The van der Waals surface area contributed by atoms with Crippen molar-refractivity contribution in [3.8, 4) is 0 Å². The van der Waals surface area contributed by atoms with Crippen molar-refractivity contribution in [1.29, 1.82) is 0 Å². The van der Waals surface area contributed by atoms with Crippen LogP contribution in [0.25, 0.3) is 0 Å². The molecule has 1 atom stereocenters. The van der Waals surface area contributed by atoms with Gasteiger partial charge in [-0.15, -0.1) is 0 Å². The van der Waals surface area contributed by atoms with E-state index in [1.165, 1.54) is 24.3 Å². The lowest BCUT2D eigenvalue weighted by atomic mass is 10.2. The molecule has 2 aromatic rings. The Labute approximate surface area is 194 Å². The van der Waals surface area contributed by atoms with Gasteiger partial charge in [-0.3, -0.25) is 14.9 Å². The molecule has 0 unspecified atom stereocenters. The minimum absolute atomic E-state index is 0.0493. The van der Waals surface area contributed by atoms with Crippen LogP contribution in [0.5, 0.6) is 0 Å². The van der Waals surface area contributed by atoms with Crippen LogP contribution in [0.1, 0.15) is 10.4 Å². The molecule has 0 fully saturated rings. The first kappa shape index (κ1) is 22.9. The number of anilines is 1. The van der Waals surface area contributed by atoms with Crippen molar-refractivity contribution in [1.82, 2.24) is 10.6 Å². The number of thiocarbonyl (C=S) groups is 1. The molecule has 0 saturated carbocycles. The van der Waals surface area contributed by atoms with Crippen LogP contribution in [-0.4, -0.2) is 25.9 Å². The van der Waals surface area contributed by atoms with Crippen molar-refractivity contribution >= 4 is 92.0 Å². The fraction of sp³-hybridized carbons (Fsp3) is 0.125. The predicted molar refractivity (Wildman–Crippen MR) is 123 cm³/mol. The van der Waals surface area contributed by atoms with Gasteiger partial charge in [0.15, 0.2) is 5.11 Å². The van der Waals surface area contributed by atoms with Gasteiger partial charge >= 0.3 is 0 Å². The second kappa shape index (κ2) is 9.88. The molecule has 0 aromatic heterocycles. The molecule has 0 bridgehead atoms. The van der Waals surface area contributed by atoms with Crippen LogP contribution in [0, 0.1) is 13.7 Å². The second-order valence-corrected chi connectivity index (χ2v) is 9.27. The standard InChI is InChI=1S/C16H12Cl3IN4O3S/c17-16(18,19)14(22-13(25)11-3-1-2-4-12(11)20)23-15(28)21-9-5-7-10(8-6-9)24(26)27/h1-8,14H,(H,22,25)(H2,21,23,28)/t14-/m1/s1. The topological polar surface area (TPSA) is 96.3 Å². The lowest BCUT2D eigenvalue weighted by molar-refractivity contribution is -0.384. The van der Waals surface area contributed by atoms with Crippen LogP contribution in [0.4, 0.5) is 11.4 Å². The first-order valence-electron chi connectivity index (χ1n) is 7.52. The summed E-state index contributed by atoms with van der Waals surface area (Å²) in [5, 5.41) is 18.9. The van der Waals surface area contributed by atoms with Gasteiger partial charge in [-0.25, -0.2) is 0 Å². The zero-order chi connectivity index (χ0) is 20.9. The maximum atomic E-state index is 12.5. The summed E-state index contributed by atoms with van der Waals surface area (Å²) in [5.41, 5.74) is 0.835. The summed E-state index contributed by atoms with van der Waals surface area (Å²) in [5.74, 6) is -0.452. The van der Waals surface area contributed by atoms with E-state index in [-0.39, 0.29) is 10.8 Å². The minimum Gasteiger partial charge on any atom is -0.339 e. The molecule has 2 rings (SSSR count). The molecule has 0 aliphatic heterocycles. The molecule has 3 N–H and O–H groups in total.